The molecule has 0 radical (unpaired) electrons. The van der Waals surface area contributed by atoms with Crippen LogP contribution in [0.2, 0.25) is 0 Å². The van der Waals surface area contributed by atoms with Gasteiger partial charge in [-0.05, 0) is 42.5 Å². The minimum absolute atomic E-state index is 0.133. The predicted molar refractivity (Wildman–Crippen MR) is 78.2 cm³/mol. The molecular weight excluding hydrogens is 325 g/mol. The van der Waals surface area contributed by atoms with Crippen molar-refractivity contribution >= 4 is 38.2 Å². The SMILES string of the molecule is Oc1[nH]c2ccc(F)cc2c1N=Nc1ccc(Br)cc1. The maximum atomic E-state index is 13.3. The zero-order valence-electron chi connectivity index (χ0n) is 10.1. The van der Waals surface area contributed by atoms with E-state index in [1.807, 2.05) is 12.1 Å². The highest BCUT2D eigenvalue weighted by molar-refractivity contribution is 9.10. The fourth-order valence-electron chi connectivity index (χ4n) is 1.85. The van der Waals surface area contributed by atoms with Gasteiger partial charge in [-0.3, -0.25) is 0 Å². The van der Waals surface area contributed by atoms with Crippen LogP contribution < -0.4 is 0 Å². The summed E-state index contributed by atoms with van der Waals surface area (Å²) in [7, 11) is 0. The highest BCUT2D eigenvalue weighted by Crippen LogP contribution is 2.36. The van der Waals surface area contributed by atoms with Crippen molar-refractivity contribution < 1.29 is 9.50 Å². The number of H-pyrrole nitrogens is 1. The molecule has 0 saturated carbocycles. The molecule has 0 atom stereocenters. The van der Waals surface area contributed by atoms with E-state index < -0.39 is 5.82 Å². The summed E-state index contributed by atoms with van der Waals surface area (Å²) in [5, 5.41) is 18.3. The molecule has 0 bridgehead atoms. The first-order valence-electron chi connectivity index (χ1n) is 5.81. The second kappa shape index (κ2) is 5.05. The second-order valence-electron chi connectivity index (χ2n) is 4.19. The molecular formula is C14H9BrFN3O. The Bertz CT molecular complexity index is 796. The van der Waals surface area contributed by atoms with Crippen molar-refractivity contribution in [3.05, 3.63) is 52.8 Å². The Morgan fingerprint density at radius 3 is 2.55 bits per heavy atom. The molecule has 6 heteroatoms. The molecule has 0 unspecified atom stereocenters. The third-order valence-electron chi connectivity index (χ3n) is 2.81. The van der Waals surface area contributed by atoms with Gasteiger partial charge in [-0.1, -0.05) is 15.9 Å². The summed E-state index contributed by atoms with van der Waals surface area (Å²) >= 11 is 3.33. The van der Waals surface area contributed by atoms with Crippen LogP contribution in [0, 0.1) is 5.82 Å². The minimum Gasteiger partial charge on any atom is -0.493 e. The van der Waals surface area contributed by atoms with E-state index in [-0.39, 0.29) is 11.6 Å². The molecule has 1 heterocycles. The Kier molecular flexibility index (Phi) is 3.23. The summed E-state index contributed by atoms with van der Waals surface area (Å²) < 4.78 is 14.2. The monoisotopic (exact) mass is 333 g/mol. The number of halogens is 2. The highest BCUT2D eigenvalue weighted by atomic mass is 79.9. The van der Waals surface area contributed by atoms with E-state index in [9.17, 15) is 9.50 Å². The van der Waals surface area contributed by atoms with Gasteiger partial charge in [0.25, 0.3) is 0 Å². The molecule has 0 aliphatic rings. The zero-order chi connectivity index (χ0) is 14.1. The number of aromatic nitrogens is 1. The standard InChI is InChI=1S/C14H9BrFN3O/c15-8-1-4-10(5-2-8)18-19-13-11-7-9(16)3-6-12(11)17-14(13)20/h1-7,17,20H. The number of hydrogen-bond donors (Lipinski definition) is 2. The summed E-state index contributed by atoms with van der Waals surface area (Å²) in [5.74, 6) is -0.525. The first-order valence-corrected chi connectivity index (χ1v) is 6.60. The van der Waals surface area contributed by atoms with Gasteiger partial charge in [0.15, 0.2) is 5.69 Å². The molecule has 3 aromatic rings. The Labute approximate surface area is 122 Å². The molecule has 3 rings (SSSR count). The van der Waals surface area contributed by atoms with Gasteiger partial charge in [-0.25, -0.2) is 4.39 Å². The van der Waals surface area contributed by atoms with Gasteiger partial charge in [0, 0.05) is 9.86 Å². The molecule has 20 heavy (non-hydrogen) atoms. The van der Waals surface area contributed by atoms with Crippen molar-refractivity contribution in [2.45, 2.75) is 0 Å². The maximum Gasteiger partial charge on any atom is 0.218 e. The molecule has 0 aliphatic carbocycles. The van der Waals surface area contributed by atoms with Gasteiger partial charge in [0.05, 0.1) is 11.2 Å². The van der Waals surface area contributed by atoms with E-state index >= 15 is 0 Å². The largest absolute Gasteiger partial charge is 0.493 e. The van der Waals surface area contributed by atoms with Crippen LogP contribution in [0.15, 0.2) is 57.2 Å². The lowest BCUT2D eigenvalue weighted by Gasteiger charge is -1.94. The average Bonchev–Trinajstić information content (AvgIpc) is 2.73. The van der Waals surface area contributed by atoms with Crippen LogP contribution in [0.1, 0.15) is 0 Å². The van der Waals surface area contributed by atoms with E-state index in [0.717, 1.165) is 4.47 Å². The molecule has 0 amide bonds. The molecule has 4 nitrogen and oxygen atoms in total. The third kappa shape index (κ3) is 2.42. The Morgan fingerprint density at radius 2 is 1.80 bits per heavy atom. The van der Waals surface area contributed by atoms with Gasteiger partial charge in [-0.2, -0.15) is 5.11 Å². The lowest BCUT2D eigenvalue weighted by molar-refractivity contribution is 0.459. The van der Waals surface area contributed by atoms with E-state index in [0.29, 0.717) is 16.6 Å². The topological polar surface area (TPSA) is 60.7 Å². The van der Waals surface area contributed by atoms with Crippen LogP contribution in [0.25, 0.3) is 10.9 Å². The number of aromatic hydroxyl groups is 1. The van der Waals surface area contributed by atoms with Crippen molar-refractivity contribution in [1.82, 2.24) is 4.98 Å². The Morgan fingerprint density at radius 1 is 1.05 bits per heavy atom. The number of azo groups is 1. The molecule has 100 valence electrons. The molecule has 0 aliphatic heterocycles. The Balaban J connectivity index is 2.03. The summed E-state index contributed by atoms with van der Waals surface area (Å²) in [6.45, 7) is 0. The summed E-state index contributed by atoms with van der Waals surface area (Å²) in [5.41, 5.74) is 1.47. The van der Waals surface area contributed by atoms with Crippen LogP contribution in [-0.4, -0.2) is 10.1 Å². The van der Waals surface area contributed by atoms with Gasteiger partial charge >= 0.3 is 0 Å². The summed E-state index contributed by atoms with van der Waals surface area (Å²) in [6.07, 6.45) is 0. The summed E-state index contributed by atoms with van der Waals surface area (Å²) in [6, 6.07) is 11.4. The second-order valence-corrected chi connectivity index (χ2v) is 5.10. The van der Waals surface area contributed by atoms with E-state index in [1.165, 1.54) is 12.1 Å². The number of rotatable bonds is 2. The molecule has 0 fully saturated rings. The first kappa shape index (κ1) is 12.8. The average molecular weight is 334 g/mol. The predicted octanol–water partition coefficient (Wildman–Crippen LogP) is 5.19. The van der Waals surface area contributed by atoms with Gasteiger partial charge in [0.2, 0.25) is 5.88 Å². The zero-order valence-corrected chi connectivity index (χ0v) is 11.7. The van der Waals surface area contributed by atoms with Crippen molar-refractivity contribution in [2.24, 2.45) is 10.2 Å². The first-order chi connectivity index (χ1) is 9.63. The van der Waals surface area contributed by atoms with Crippen molar-refractivity contribution in [3.8, 4) is 5.88 Å². The Hall–Kier alpha value is -2.21. The molecule has 2 aromatic carbocycles. The fourth-order valence-corrected chi connectivity index (χ4v) is 2.12. The maximum absolute atomic E-state index is 13.3. The van der Waals surface area contributed by atoms with E-state index in [2.05, 4.69) is 31.1 Å². The lowest BCUT2D eigenvalue weighted by Crippen LogP contribution is -1.72. The molecule has 0 saturated heterocycles. The molecule has 0 spiro atoms. The number of nitrogens with one attached hydrogen (secondary N) is 1. The number of nitrogens with zero attached hydrogens (tertiary/aromatic N) is 2. The number of aromatic amines is 1. The van der Waals surface area contributed by atoms with Crippen molar-refractivity contribution in [1.29, 1.82) is 0 Å². The number of fused-ring (bicyclic) bond motifs is 1. The number of hydrogen-bond acceptors (Lipinski definition) is 3. The van der Waals surface area contributed by atoms with Crippen LogP contribution in [0.3, 0.4) is 0 Å². The van der Waals surface area contributed by atoms with E-state index in [4.69, 9.17) is 0 Å². The van der Waals surface area contributed by atoms with Crippen molar-refractivity contribution in [2.75, 3.05) is 0 Å². The number of benzene rings is 2. The third-order valence-corrected chi connectivity index (χ3v) is 3.33. The quantitative estimate of drug-likeness (QED) is 0.623. The smallest absolute Gasteiger partial charge is 0.218 e. The van der Waals surface area contributed by atoms with Gasteiger partial charge in [0.1, 0.15) is 5.82 Å². The van der Waals surface area contributed by atoms with E-state index in [1.54, 1.807) is 18.2 Å². The highest BCUT2D eigenvalue weighted by Gasteiger charge is 2.11. The van der Waals surface area contributed by atoms with Crippen LogP contribution in [0.4, 0.5) is 15.8 Å². The van der Waals surface area contributed by atoms with Crippen LogP contribution in [-0.2, 0) is 0 Å². The summed E-state index contributed by atoms with van der Waals surface area (Å²) in [4.78, 5) is 2.73. The van der Waals surface area contributed by atoms with Crippen molar-refractivity contribution in [3.63, 3.8) is 0 Å². The minimum atomic E-state index is -0.392. The molecule has 1 aromatic heterocycles. The lowest BCUT2D eigenvalue weighted by atomic mass is 10.2. The van der Waals surface area contributed by atoms with Crippen LogP contribution >= 0.6 is 15.9 Å². The fraction of sp³-hybridized carbons (Fsp3) is 0. The van der Waals surface area contributed by atoms with Crippen LogP contribution in [0.5, 0.6) is 5.88 Å². The van der Waals surface area contributed by atoms with Gasteiger partial charge < -0.3 is 10.1 Å². The molecule has 2 N–H and O–H groups in total. The van der Waals surface area contributed by atoms with Gasteiger partial charge in [-0.15, -0.1) is 5.11 Å². The normalized spacial score (nSPS) is 11.5.